The summed E-state index contributed by atoms with van der Waals surface area (Å²) in [5.41, 5.74) is 2.95. The number of hydrogen-bond donors (Lipinski definition) is 1. The molecule has 1 N–H and O–H groups in total. The molecule has 1 fully saturated rings. The number of hydrogen-bond acceptors (Lipinski definition) is 3. The minimum atomic E-state index is 0.792. The van der Waals surface area contributed by atoms with Crippen molar-refractivity contribution in [3.8, 4) is 0 Å². The zero-order valence-corrected chi connectivity index (χ0v) is 9.32. The fraction of sp³-hybridized carbons (Fsp3) is 0.583. The maximum absolute atomic E-state index is 4.39. The second-order valence-electron chi connectivity index (χ2n) is 4.63. The van der Waals surface area contributed by atoms with Gasteiger partial charge in [0.15, 0.2) is 5.65 Å². The number of imidazole rings is 1. The van der Waals surface area contributed by atoms with Crippen LogP contribution in [0, 0.1) is 5.92 Å². The first kappa shape index (κ1) is 9.75. The van der Waals surface area contributed by atoms with E-state index in [1.54, 1.807) is 12.7 Å². The number of nitrogens with one attached hydrogen (secondary N) is 1. The lowest BCUT2D eigenvalue weighted by Crippen LogP contribution is -2.10. The fourth-order valence-corrected chi connectivity index (χ4v) is 2.63. The Bertz CT molecular complexity index is 471. The Balaban J connectivity index is 1.85. The second-order valence-corrected chi connectivity index (χ2v) is 4.63. The molecule has 0 radical (unpaired) electrons. The van der Waals surface area contributed by atoms with Crippen molar-refractivity contribution < 1.29 is 0 Å². The van der Waals surface area contributed by atoms with Gasteiger partial charge in [0.05, 0.1) is 12.0 Å². The van der Waals surface area contributed by atoms with Crippen LogP contribution in [0.1, 0.15) is 37.8 Å². The van der Waals surface area contributed by atoms with Gasteiger partial charge in [0.2, 0.25) is 0 Å². The Morgan fingerprint density at radius 2 is 2.00 bits per heavy atom. The van der Waals surface area contributed by atoms with E-state index in [1.165, 1.54) is 32.1 Å². The first-order valence-corrected chi connectivity index (χ1v) is 6.06. The summed E-state index contributed by atoms with van der Waals surface area (Å²) in [5.74, 6) is 0.801. The lowest BCUT2D eigenvalue weighted by molar-refractivity contribution is 0.355. The largest absolute Gasteiger partial charge is 0.342 e. The molecule has 0 aromatic carbocycles. The Labute approximate surface area is 94.5 Å². The van der Waals surface area contributed by atoms with Gasteiger partial charge in [-0.1, -0.05) is 32.1 Å². The lowest BCUT2D eigenvalue weighted by Gasteiger charge is -2.20. The molecule has 3 rings (SSSR count). The third-order valence-corrected chi connectivity index (χ3v) is 3.51. The van der Waals surface area contributed by atoms with E-state index < -0.39 is 0 Å². The zero-order valence-electron chi connectivity index (χ0n) is 9.32. The van der Waals surface area contributed by atoms with Crippen LogP contribution in [0.3, 0.4) is 0 Å². The molecule has 0 saturated heterocycles. The van der Waals surface area contributed by atoms with E-state index in [4.69, 9.17) is 0 Å². The van der Waals surface area contributed by atoms with Crippen molar-refractivity contribution in [2.24, 2.45) is 5.92 Å². The van der Waals surface area contributed by atoms with Crippen LogP contribution in [-0.2, 0) is 6.42 Å². The van der Waals surface area contributed by atoms with Gasteiger partial charge in [0.25, 0.3) is 0 Å². The second kappa shape index (κ2) is 4.20. The van der Waals surface area contributed by atoms with Crippen molar-refractivity contribution >= 4 is 11.2 Å². The van der Waals surface area contributed by atoms with Crippen LogP contribution in [0.4, 0.5) is 0 Å². The van der Waals surface area contributed by atoms with Gasteiger partial charge in [-0.2, -0.15) is 0 Å². The first-order valence-electron chi connectivity index (χ1n) is 6.06. The van der Waals surface area contributed by atoms with Gasteiger partial charge in [-0.15, -0.1) is 0 Å². The summed E-state index contributed by atoms with van der Waals surface area (Å²) in [6.45, 7) is 0. The highest BCUT2D eigenvalue weighted by molar-refractivity contribution is 5.71. The smallest absolute Gasteiger partial charge is 0.180 e. The van der Waals surface area contributed by atoms with E-state index in [0.717, 1.165) is 29.2 Å². The summed E-state index contributed by atoms with van der Waals surface area (Å²) in [6, 6.07) is 0. The van der Waals surface area contributed by atoms with Crippen LogP contribution in [-0.4, -0.2) is 19.9 Å². The molecular weight excluding hydrogens is 200 g/mol. The molecule has 0 amide bonds. The van der Waals surface area contributed by atoms with Crippen LogP contribution in [0.25, 0.3) is 11.2 Å². The molecule has 0 bridgehead atoms. The molecule has 2 aromatic rings. The van der Waals surface area contributed by atoms with Gasteiger partial charge in [-0.3, -0.25) is 0 Å². The van der Waals surface area contributed by atoms with Crippen molar-refractivity contribution in [3.05, 3.63) is 18.3 Å². The Hall–Kier alpha value is -1.45. The van der Waals surface area contributed by atoms with E-state index in [9.17, 15) is 0 Å². The summed E-state index contributed by atoms with van der Waals surface area (Å²) in [5, 5.41) is 0. The number of fused-ring (bicyclic) bond motifs is 1. The molecule has 1 aliphatic carbocycles. The molecule has 2 aromatic heterocycles. The highest BCUT2D eigenvalue weighted by Crippen LogP contribution is 2.27. The van der Waals surface area contributed by atoms with Gasteiger partial charge in [0.1, 0.15) is 11.8 Å². The van der Waals surface area contributed by atoms with Gasteiger partial charge >= 0.3 is 0 Å². The standard InChI is InChI=1S/C12H16N4/c1-2-4-9(5-3-1)6-10-11-12(15-7-13-10)16-8-14-11/h7-9H,1-6H2,(H,13,14,15,16). The molecule has 4 nitrogen and oxygen atoms in total. The average Bonchev–Trinajstić information content (AvgIpc) is 2.80. The third-order valence-electron chi connectivity index (χ3n) is 3.51. The third kappa shape index (κ3) is 1.79. The van der Waals surface area contributed by atoms with Crippen molar-refractivity contribution in [1.82, 2.24) is 19.9 Å². The minimum Gasteiger partial charge on any atom is -0.342 e. The summed E-state index contributed by atoms with van der Waals surface area (Å²) in [4.78, 5) is 15.8. The van der Waals surface area contributed by atoms with Crippen molar-refractivity contribution in [3.63, 3.8) is 0 Å². The van der Waals surface area contributed by atoms with Gasteiger partial charge in [-0.25, -0.2) is 15.0 Å². The molecule has 1 aliphatic rings. The number of H-pyrrole nitrogens is 1. The molecule has 0 atom stereocenters. The van der Waals surface area contributed by atoms with Crippen LogP contribution < -0.4 is 0 Å². The van der Waals surface area contributed by atoms with Crippen LogP contribution in [0.15, 0.2) is 12.7 Å². The Morgan fingerprint density at radius 3 is 2.88 bits per heavy atom. The van der Waals surface area contributed by atoms with E-state index in [-0.39, 0.29) is 0 Å². The summed E-state index contributed by atoms with van der Waals surface area (Å²) >= 11 is 0. The van der Waals surface area contributed by atoms with Crippen LogP contribution in [0.5, 0.6) is 0 Å². The first-order chi connectivity index (χ1) is 7.93. The monoisotopic (exact) mass is 216 g/mol. The number of aromatic amines is 1. The van der Waals surface area contributed by atoms with Crippen LogP contribution in [0.2, 0.25) is 0 Å². The Morgan fingerprint density at radius 1 is 1.12 bits per heavy atom. The number of nitrogens with zero attached hydrogens (tertiary/aromatic N) is 3. The molecule has 16 heavy (non-hydrogen) atoms. The lowest BCUT2D eigenvalue weighted by atomic mass is 9.86. The molecule has 1 saturated carbocycles. The number of aromatic nitrogens is 4. The molecule has 0 aliphatic heterocycles. The van der Waals surface area contributed by atoms with E-state index >= 15 is 0 Å². The van der Waals surface area contributed by atoms with Crippen molar-refractivity contribution in [1.29, 1.82) is 0 Å². The predicted molar refractivity (Wildman–Crippen MR) is 62.0 cm³/mol. The topological polar surface area (TPSA) is 54.5 Å². The fourth-order valence-electron chi connectivity index (χ4n) is 2.63. The summed E-state index contributed by atoms with van der Waals surface area (Å²) < 4.78 is 0. The highest BCUT2D eigenvalue weighted by atomic mass is 15.0. The summed E-state index contributed by atoms with van der Waals surface area (Å²) in [6.07, 6.45) is 11.2. The van der Waals surface area contributed by atoms with Gasteiger partial charge in [-0.05, 0) is 12.3 Å². The van der Waals surface area contributed by atoms with E-state index in [0.29, 0.717) is 0 Å². The minimum absolute atomic E-state index is 0.792. The van der Waals surface area contributed by atoms with Gasteiger partial charge < -0.3 is 4.98 Å². The van der Waals surface area contributed by atoms with Crippen molar-refractivity contribution in [2.75, 3.05) is 0 Å². The highest BCUT2D eigenvalue weighted by Gasteiger charge is 2.16. The normalized spacial score (nSPS) is 18.0. The van der Waals surface area contributed by atoms with Crippen LogP contribution >= 0.6 is 0 Å². The molecule has 4 heteroatoms. The molecular formula is C12H16N4. The average molecular weight is 216 g/mol. The molecule has 0 unspecified atom stereocenters. The molecule has 84 valence electrons. The predicted octanol–water partition coefficient (Wildman–Crippen LogP) is 2.48. The SMILES string of the molecule is c1nc(CC2CCCCC2)c2[nH]cnc2n1. The van der Waals surface area contributed by atoms with Gasteiger partial charge in [0, 0.05) is 0 Å². The molecule has 2 heterocycles. The maximum Gasteiger partial charge on any atom is 0.180 e. The molecule has 0 spiro atoms. The quantitative estimate of drug-likeness (QED) is 0.839. The van der Waals surface area contributed by atoms with Crippen molar-refractivity contribution in [2.45, 2.75) is 38.5 Å². The number of rotatable bonds is 2. The van der Waals surface area contributed by atoms with E-state index in [1.807, 2.05) is 0 Å². The Kier molecular flexibility index (Phi) is 2.56. The maximum atomic E-state index is 4.39. The van der Waals surface area contributed by atoms with E-state index in [2.05, 4.69) is 19.9 Å². The summed E-state index contributed by atoms with van der Waals surface area (Å²) in [7, 11) is 0. The zero-order chi connectivity index (χ0) is 10.8.